The molecular formula is C12H17NO2. The van der Waals surface area contributed by atoms with E-state index in [-0.39, 0.29) is 5.91 Å². The normalized spacial score (nSPS) is 10.0. The molecule has 1 aromatic rings. The summed E-state index contributed by atoms with van der Waals surface area (Å²) >= 11 is 0. The topological polar surface area (TPSA) is 52.3 Å². The number of ether oxygens (including phenoxy) is 1. The summed E-state index contributed by atoms with van der Waals surface area (Å²) in [6.45, 7) is 2.10. The van der Waals surface area contributed by atoms with Crippen molar-refractivity contribution >= 4 is 5.91 Å². The van der Waals surface area contributed by atoms with Crippen LogP contribution in [0.15, 0.2) is 18.2 Å². The molecule has 0 unspecified atom stereocenters. The van der Waals surface area contributed by atoms with Gasteiger partial charge in [-0.1, -0.05) is 19.1 Å². The molecule has 0 aliphatic rings. The molecule has 1 aromatic carbocycles. The number of carbonyl (C=O) groups excluding carboxylic acids is 1. The van der Waals surface area contributed by atoms with Gasteiger partial charge < -0.3 is 10.5 Å². The molecule has 3 nitrogen and oxygen atoms in total. The molecule has 0 aliphatic heterocycles. The highest BCUT2D eigenvalue weighted by Gasteiger charge is 2.05. The molecule has 0 saturated carbocycles. The lowest BCUT2D eigenvalue weighted by Crippen LogP contribution is -2.11. The number of methoxy groups -OCH3 is 1. The molecule has 1 rings (SSSR count). The van der Waals surface area contributed by atoms with Gasteiger partial charge in [0.2, 0.25) is 5.91 Å². The number of hydrogen-bond donors (Lipinski definition) is 1. The zero-order chi connectivity index (χ0) is 11.3. The number of benzene rings is 1. The van der Waals surface area contributed by atoms with Gasteiger partial charge in [-0.25, -0.2) is 0 Å². The summed E-state index contributed by atoms with van der Waals surface area (Å²) < 4.78 is 5.22. The first kappa shape index (κ1) is 11.6. The lowest BCUT2D eigenvalue weighted by atomic mass is 10.0. The van der Waals surface area contributed by atoms with Crippen LogP contribution in [0.5, 0.6) is 5.75 Å². The van der Waals surface area contributed by atoms with Gasteiger partial charge in [0.25, 0.3) is 0 Å². The van der Waals surface area contributed by atoms with Crippen LogP contribution in [0.25, 0.3) is 0 Å². The molecule has 82 valence electrons. The van der Waals surface area contributed by atoms with Gasteiger partial charge in [-0.3, -0.25) is 4.79 Å². The third kappa shape index (κ3) is 3.27. The predicted octanol–water partition coefficient (Wildman–Crippen LogP) is 1.68. The van der Waals surface area contributed by atoms with Crippen molar-refractivity contribution in [3.8, 4) is 5.75 Å². The predicted molar refractivity (Wildman–Crippen MR) is 59.9 cm³/mol. The fourth-order valence-corrected chi connectivity index (χ4v) is 1.51. The van der Waals surface area contributed by atoms with Crippen LogP contribution in [0.4, 0.5) is 0 Å². The molecule has 15 heavy (non-hydrogen) atoms. The number of carbonyl (C=O) groups is 1. The molecule has 0 heterocycles. The van der Waals surface area contributed by atoms with Gasteiger partial charge in [0.1, 0.15) is 5.75 Å². The van der Waals surface area contributed by atoms with Crippen LogP contribution in [0, 0.1) is 0 Å². The Balaban J connectivity index is 2.85. The first-order valence-electron chi connectivity index (χ1n) is 5.11. The molecule has 0 aliphatic carbocycles. The average Bonchev–Trinajstić information content (AvgIpc) is 2.25. The van der Waals surface area contributed by atoms with E-state index in [2.05, 4.69) is 13.0 Å². The van der Waals surface area contributed by atoms with Gasteiger partial charge in [0.15, 0.2) is 0 Å². The van der Waals surface area contributed by atoms with E-state index < -0.39 is 0 Å². The summed E-state index contributed by atoms with van der Waals surface area (Å²) in [5.74, 6) is 0.549. The van der Waals surface area contributed by atoms with Gasteiger partial charge >= 0.3 is 0 Å². The van der Waals surface area contributed by atoms with Crippen LogP contribution in [0.2, 0.25) is 0 Å². The molecule has 0 saturated heterocycles. The molecule has 3 heteroatoms. The Kier molecular flexibility index (Phi) is 4.16. The highest BCUT2D eigenvalue weighted by molar-refractivity contribution is 5.74. The number of amides is 1. The molecule has 0 spiro atoms. The summed E-state index contributed by atoms with van der Waals surface area (Å²) in [5, 5.41) is 0. The van der Waals surface area contributed by atoms with Crippen LogP contribution in [-0.4, -0.2) is 13.0 Å². The van der Waals surface area contributed by atoms with Gasteiger partial charge in [0.05, 0.1) is 7.11 Å². The Morgan fingerprint density at radius 2 is 2.20 bits per heavy atom. The lowest BCUT2D eigenvalue weighted by Gasteiger charge is -2.09. The highest BCUT2D eigenvalue weighted by Crippen LogP contribution is 2.21. The Morgan fingerprint density at radius 1 is 1.47 bits per heavy atom. The molecular weight excluding hydrogens is 190 g/mol. The maximum atomic E-state index is 10.7. The first-order valence-corrected chi connectivity index (χ1v) is 5.11. The number of rotatable bonds is 5. The third-order valence-electron chi connectivity index (χ3n) is 2.39. The fourth-order valence-electron chi connectivity index (χ4n) is 1.51. The van der Waals surface area contributed by atoms with Crippen molar-refractivity contribution in [1.29, 1.82) is 0 Å². The largest absolute Gasteiger partial charge is 0.496 e. The molecule has 0 fully saturated rings. The van der Waals surface area contributed by atoms with E-state index in [1.807, 2.05) is 12.1 Å². The Bertz CT molecular complexity index is 347. The van der Waals surface area contributed by atoms with Crippen molar-refractivity contribution in [2.24, 2.45) is 5.73 Å². The van der Waals surface area contributed by atoms with Crippen LogP contribution in [0.3, 0.4) is 0 Å². The minimum atomic E-state index is -0.279. The summed E-state index contributed by atoms with van der Waals surface area (Å²) in [6, 6.07) is 6.05. The van der Waals surface area contributed by atoms with Crippen molar-refractivity contribution in [3.63, 3.8) is 0 Å². The minimum Gasteiger partial charge on any atom is -0.496 e. The first-order chi connectivity index (χ1) is 7.17. The Labute approximate surface area is 90.2 Å². The maximum Gasteiger partial charge on any atom is 0.217 e. The Morgan fingerprint density at radius 3 is 2.73 bits per heavy atom. The van der Waals surface area contributed by atoms with Crippen molar-refractivity contribution in [1.82, 2.24) is 0 Å². The molecule has 0 atom stereocenters. The molecule has 0 radical (unpaired) electrons. The van der Waals surface area contributed by atoms with Crippen molar-refractivity contribution < 1.29 is 9.53 Å². The molecule has 2 N–H and O–H groups in total. The van der Waals surface area contributed by atoms with E-state index in [4.69, 9.17) is 10.5 Å². The van der Waals surface area contributed by atoms with Crippen LogP contribution >= 0.6 is 0 Å². The zero-order valence-corrected chi connectivity index (χ0v) is 9.25. The van der Waals surface area contributed by atoms with Crippen LogP contribution < -0.4 is 10.5 Å². The monoisotopic (exact) mass is 207 g/mol. The number of hydrogen-bond acceptors (Lipinski definition) is 2. The Hall–Kier alpha value is -1.51. The standard InChI is InChI=1S/C12H17NO2/c1-3-9-4-6-11(15-2)10(8-9)5-7-12(13)14/h4,6,8H,3,5,7H2,1-2H3,(H2,13,14). The highest BCUT2D eigenvalue weighted by atomic mass is 16.5. The second-order valence-corrected chi connectivity index (χ2v) is 3.47. The quantitative estimate of drug-likeness (QED) is 0.798. The SMILES string of the molecule is CCc1ccc(OC)c(CCC(N)=O)c1. The van der Waals surface area contributed by atoms with E-state index in [0.717, 1.165) is 17.7 Å². The third-order valence-corrected chi connectivity index (χ3v) is 2.39. The summed E-state index contributed by atoms with van der Waals surface area (Å²) in [4.78, 5) is 10.7. The summed E-state index contributed by atoms with van der Waals surface area (Å²) in [6.07, 6.45) is 1.99. The molecule has 0 aromatic heterocycles. The molecule has 0 bridgehead atoms. The lowest BCUT2D eigenvalue weighted by molar-refractivity contribution is -0.117. The van der Waals surface area contributed by atoms with Crippen molar-refractivity contribution in [2.45, 2.75) is 26.2 Å². The minimum absolute atomic E-state index is 0.279. The average molecular weight is 207 g/mol. The number of primary amides is 1. The smallest absolute Gasteiger partial charge is 0.217 e. The van der Waals surface area contributed by atoms with E-state index >= 15 is 0 Å². The van der Waals surface area contributed by atoms with E-state index in [0.29, 0.717) is 12.8 Å². The van der Waals surface area contributed by atoms with Gasteiger partial charge in [-0.05, 0) is 30.0 Å². The van der Waals surface area contributed by atoms with Crippen molar-refractivity contribution in [3.05, 3.63) is 29.3 Å². The van der Waals surface area contributed by atoms with E-state index in [1.54, 1.807) is 7.11 Å². The number of nitrogens with two attached hydrogens (primary N) is 1. The summed E-state index contributed by atoms with van der Waals surface area (Å²) in [7, 11) is 1.63. The molecule has 1 amide bonds. The van der Waals surface area contributed by atoms with E-state index in [1.165, 1.54) is 5.56 Å². The zero-order valence-electron chi connectivity index (χ0n) is 9.25. The fraction of sp³-hybridized carbons (Fsp3) is 0.417. The van der Waals surface area contributed by atoms with Crippen LogP contribution in [0.1, 0.15) is 24.5 Å². The maximum absolute atomic E-state index is 10.7. The van der Waals surface area contributed by atoms with Crippen LogP contribution in [-0.2, 0) is 17.6 Å². The van der Waals surface area contributed by atoms with Gasteiger partial charge in [-0.15, -0.1) is 0 Å². The van der Waals surface area contributed by atoms with Gasteiger partial charge in [0, 0.05) is 6.42 Å². The second-order valence-electron chi connectivity index (χ2n) is 3.47. The van der Waals surface area contributed by atoms with E-state index in [9.17, 15) is 4.79 Å². The summed E-state index contributed by atoms with van der Waals surface area (Å²) in [5.41, 5.74) is 7.42. The number of aryl methyl sites for hydroxylation is 2. The van der Waals surface area contributed by atoms with Crippen molar-refractivity contribution in [2.75, 3.05) is 7.11 Å². The second kappa shape index (κ2) is 5.39. The van der Waals surface area contributed by atoms with Gasteiger partial charge in [-0.2, -0.15) is 0 Å².